The van der Waals surface area contributed by atoms with Crippen molar-refractivity contribution in [2.75, 3.05) is 6.61 Å². The molecule has 2 aromatic carbocycles. The van der Waals surface area contributed by atoms with E-state index in [4.69, 9.17) is 4.74 Å². The number of ether oxygens (including phenoxy) is 1. The summed E-state index contributed by atoms with van der Waals surface area (Å²) in [6.45, 7) is 0.768. The van der Waals surface area contributed by atoms with Gasteiger partial charge in [0.15, 0.2) is 0 Å². The maximum absolute atomic E-state index is 10.7. The second kappa shape index (κ2) is 3.09. The second-order valence-electron chi connectivity index (χ2n) is 3.74. The van der Waals surface area contributed by atoms with Crippen LogP contribution in [-0.2, 0) is 6.42 Å². The molecule has 0 N–H and O–H groups in total. The van der Waals surface area contributed by atoms with Crippen LogP contribution in [0, 0.1) is 0 Å². The Hall–Kier alpha value is -1.83. The fourth-order valence-corrected chi connectivity index (χ4v) is 2.12. The van der Waals surface area contributed by atoms with Gasteiger partial charge in [0.1, 0.15) is 12.0 Å². The zero-order valence-electron chi connectivity index (χ0n) is 8.19. The van der Waals surface area contributed by atoms with E-state index in [1.54, 1.807) is 0 Å². The highest BCUT2D eigenvalue weighted by atomic mass is 16.5. The van der Waals surface area contributed by atoms with Crippen LogP contribution in [0.1, 0.15) is 15.9 Å². The molecular weight excluding hydrogens is 188 g/mol. The van der Waals surface area contributed by atoms with Gasteiger partial charge in [-0.15, -0.1) is 0 Å². The van der Waals surface area contributed by atoms with Crippen molar-refractivity contribution in [3.63, 3.8) is 0 Å². The Morgan fingerprint density at radius 1 is 1.20 bits per heavy atom. The van der Waals surface area contributed by atoms with Crippen LogP contribution in [0.2, 0.25) is 0 Å². The first-order valence-electron chi connectivity index (χ1n) is 5.02. The summed E-state index contributed by atoms with van der Waals surface area (Å²) < 4.78 is 5.49. The van der Waals surface area contributed by atoms with Gasteiger partial charge in [0.2, 0.25) is 0 Å². The molecule has 0 spiro atoms. The maximum atomic E-state index is 10.7. The zero-order valence-corrected chi connectivity index (χ0v) is 8.19. The Morgan fingerprint density at radius 2 is 2.13 bits per heavy atom. The van der Waals surface area contributed by atoms with Crippen LogP contribution in [0.4, 0.5) is 0 Å². The number of carbonyl (C=O) groups excluding carboxylic acids is 1. The topological polar surface area (TPSA) is 26.3 Å². The third-order valence-electron chi connectivity index (χ3n) is 2.86. The van der Waals surface area contributed by atoms with Crippen LogP contribution in [0.15, 0.2) is 30.3 Å². The van der Waals surface area contributed by atoms with E-state index in [0.29, 0.717) is 0 Å². The fraction of sp³-hybridized carbons (Fsp3) is 0.154. The largest absolute Gasteiger partial charge is 0.493 e. The van der Waals surface area contributed by atoms with Crippen LogP contribution in [0.25, 0.3) is 10.8 Å². The molecule has 2 nitrogen and oxygen atoms in total. The molecule has 0 radical (unpaired) electrons. The van der Waals surface area contributed by atoms with Crippen molar-refractivity contribution in [2.24, 2.45) is 0 Å². The fourth-order valence-electron chi connectivity index (χ4n) is 2.12. The van der Waals surface area contributed by atoms with Crippen LogP contribution in [0.5, 0.6) is 5.75 Å². The summed E-state index contributed by atoms with van der Waals surface area (Å²) in [5.74, 6) is 0.987. The van der Waals surface area contributed by atoms with Crippen molar-refractivity contribution < 1.29 is 9.53 Å². The van der Waals surface area contributed by atoms with Crippen molar-refractivity contribution in [3.05, 3.63) is 41.5 Å². The Labute approximate surface area is 87.5 Å². The van der Waals surface area contributed by atoms with Gasteiger partial charge in [0.25, 0.3) is 0 Å². The number of carbonyl (C=O) groups is 1. The Bertz CT molecular complexity index is 543. The van der Waals surface area contributed by atoms with E-state index in [2.05, 4.69) is 0 Å². The van der Waals surface area contributed by atoms with E-state index in [1.807, 2.05) is 30.3 Å². The van der Waals surface area contributed by atoms with Gasteiger partial charge in [-0.1, -0.05) is 18.2 Å². The average molecular weight is 198 g/mol. The smallest absolute Gasteiger partial charge is 0.150 e. The summed E-state index contributed by atoms with van der Waals surface area (Å²) in [6, 6.07) is 9.77. The predicted octanol–water partition coefficient (Wildman–Crippen LogP) is 2.59. The summed E-state index contributed by atoms with van der Waals surface area (Å²) >= 11 is 0. The van der Waals surface area contributed by atoms with Gasteiger partial charge in [0, 0.05) is 17.5 Å². The highest BCUT2D eigenvalue weighted by molar-refractivity contribution is 5.92. The predicted molar refractivity (Wildman–Crippen MR) is 58.5 cm³/mol. The minimum absolute atomic E-state index is 0.723. The lowest BCUT2D eigenvalue weighted by Crippen LogP contribution is -1.86. The summed E-state index contributed by atoms with van der Waals surface area (Å²) in [5, 5.41) is 2.32. The molecule has 1 aliphatic rings. The number of hydrogen-bond acceptors (Lipinski definition) is 2. The van der Waals surface area contributed by atoms with Gasteiger partial charge in [-0.2, -0.15) is 0 Å². The number of aldehydes is 1. The van der Waals surface area contributed by atoms with E-state index < -0.39 is 0 Å². The maximum Gasteiger partial charge on any atom is 0.150 e. The first-order chi connectivity index (χ1) is 7.38. The lowest BCUT2D eigenvalue weighted by atomic mass is 10.0. The summed E-state index contributed by atoms with van der Waals surface area (Å²) in [7, 11) is 0. The number of fused-ring (bicyclic) bond motifs is 3. The van der Waals surface area contributed by atoms with Crippen LogP contribution in [0.3, 0.4) is 0 Å². The van der Waals surface area contributed by atoms with Gasteiger partial charge < -0.3 is 4.74 Å². The molecule has 74 valence electrons. The molecule has 0 amide bonds. The van der Waals surface area contributed by atoms with Crippen molar-refractivity contribution in [1.82, 2.24) is 0 Å². The standard InChI is InChI=1S/C13H10O2/c14-8-9-1-3-11-10(7-9)2-4-13-12(11)5-6-15-13/h1-4,7-8H,5-6H2. The van der Waals surface area contributed by atoms with E-state index >= 15 is 0 Å². The molecule has 3 rings (SSSR count). The molecule has 0 saturated heterocycles. The Morgan fingerprint density at radius 3 is 3.00 bits per heavy atom. The third kappa shape index (κ3) is 1.22. The summed E-state index contributed by atoms with van der Waals surface area (Å²) in [4.78, 5) is 10.7. The summed E-state index contributed by atoms with van der Waals surface area (Å²) in [6.07, 6.45) is 1.84. The van der Waals surface area contributed by atoms with E-state index in [1.165, 1.54) is 10.9 Å². The lowest BCUT2D eigenvalue weighted by Gasteiger charge is -2.04. The molecule has 1 aliphatic heterocycles. The van der Waals surface area contributed by atoms with Crippen LogP contribution < -0.4 is 4.74 Å². The highest BCUT2D eigenvalue weighted by Crippen LogP contribution is 2.32. The Kier molecular flexibility index (Phi) is 1.75. The van der Waals surface area contributed by atoms with Gasteiger partial charge in [-0.05, 0) is 22.9 Å². The average Bonchev–Trinajstić information content (AvgIpc) is 2.76. The minimum atomic E-state index is 0.723. The molecule has 2 aromatic rings. The van der Waals surface area contributed by atoms with Gasteiger partial charge >= 0.3 is 0 Å². The van der Waals surface area contributed by atoms with E-state index in [9.17, 15) is 4.79 Å². The van der Waals surface area contributed by atoms with Crippen molar-refractivity contribution in [2.45, 2.75) is 6.42 Å². The van der Waals surface area contributed by atoms with Gasteiger partial charge in [0.05, 0.1) is 6.61 Å². The molecule has 0 saturated carbocycles. The van der Waals surface area contributed by atoms with Crippen molar-refractivity contribution in [1.29, 1.82) is 0 Å². The molecule has 1 heterocycles. The molecule has 0 aromatic heterocycles. The zero-order chi connectivity index (χ0) is 10.3. The first kappa shape index (κ1) is 8.48. The van der Waals surface area contributed by atoms with E-state index in [-0.39, 0.29) is 0 Å². The highest BCUT2D eigenvalue weighted by Gasteiger charge is 2.14. The molecule has 0 unspecified atom stereocenters. The van der Waals surface area contributed by atoms with E-state index in [0.717, 1.165) is 36.0 Å². The third-order valence-corrected chi connectivity index (χ3v) is 2.86. The van der Waals surface area contributed by atoms with Gasteiger partial charge in [-0.25, -0.2) is 0 Å². The van der Waals surface area contributed by atoms with Crippen molar-refractivity contribution >= 4 is 17.1 Å². The quantitative estimate of drug-likeness (QED) is 0.658. The normalized spacial score (nSPS) is 13.6. The van der Waals surface area contributed by atoms with Crippen LogP contribution >= 0.6 is 0 Å². The molecule has 0 fully saturated rings. The summed E-state index contributed by atoms with van der Waals surface area (Å²) in [5.41, 5.74) is 1.99. The molecule has 0 bridgehead atoms. The molecule has 15 heavy (non-hydrogen) atoms. The molecule has 0 aliphatic carbocycles. The monoisotopic (exact) mass is 198 g/mol. The number of hydrogen-bond donors (Lipinski definition) is 0. The first-order valence-corrected chi connectivity index (χ1v) is 5.02. The second-order valence-corrected chi connectivity index (χ2v) is 3.74. The number of benzene rings is 2. The lowest BCUT2D eigenvalue weighted by molar-refractivity contribution is 0.112. The Balaban J connectivity index is 2.33. The van der Waals surface area contributed by atoms with Crippen LogP contribution in [-0.4, -0.2) is 12.9 Å². The van der Waals surface area contributed by atoms with Gasteiger partial charge in [-0.3, -0.25) is 4.79 Å². The molecule has 0 atom stereocenters. The number of rotatable bonds is 1. The molecule has 2 heteroatoms. The SMILES string of the molecule is O=Cc1ccc2c3c(ccc2c1)OCC3. The van der Waals surface area contributed by atoms with Crippen molar-refractivity contribution in [3.8, 4) is 5.75 Å². The minimum Gasteiger partial charge on any atom is -0.493 e. The molecular formula is C13H10O2.